The molecule has 0 amide bonds. The molecular formula is C17H13ClN2O2. The summed E-state index contributed by atoms with van der Waals surface area (Å²) in [5.74, 6) is 3.07. The standard InChI is InChI=1S/C17H13ClN2O2/c1-3-16(21)17-13(18)8-9-20-15(17)10-14(19-20)11-4-6-12(22-2)7-5-11/h1,4-10,16,21H,2H3. The summed E-state index contributed by atoms with van der Waals surface area (Å²) in [7, 11) is 1.62. The molecule has 22 heavy (non-hydrogen) atoms. The molecule has 3 rings (SSSR count). The molecule has 2 heterocycles. The average Bonchev–Trinajstić information content (AvgIpc) is 2.98. The number of methoxy groups -OCH3 is 1. The summed E-state index contributed by atoms with van der Waals surface area (Å²) in [6.07, 6.45) is 5.97. The maximum Gasteiger partial charge on any atom is 0.143 e. The Hall–Kier alpha value is -2.48. The van der Waals surface area contributed by atoms with Gasteiger partial charge in [0.15, 0.2) is 0 Å². The van der Waals surface area contributed by atoms with Crippen molar-refractivity contribution in [3.63, 3.8) is 0 Å². The number of nitrogens with zero attached hydrogens (tertiary/aromatic N) is 2. The molecule has 0 aliphatic rings. The average molecular weight is 313 g/mol. The lowest BCUT2D eigenvalue weighted by Crippen LogP contribution is -1.99. The highest BCUT2D eigenvalue weighted by molar-refractivity contribution is 6.32. The lowest BCUT2D eigenvalue weighted by molar-refractivity contribution is 0.240. The van der Waals surface area contributed by atoms with Crippen molar-refractivity contribution in [1.82, 2.24) is 9.61 Å². The zero-order valence-electron chi connectivity index (χ0n) is 11.8. The Morgan fingerprint density at radius 3 is 2.68 bits per heavy atom. The number of aliphatic hydroxyl groups is 1. The van der Waals surface area contributed by atoms with Gasteiger partial charge in [-0.25, -0.2) is 4.52 Å². The summed E-state index contributed by atoms with van der Waals surface area (Å²) in [5.41, 5.74) is 2.86. The number of rotatable bonds is 3. The summed E-state index contributed by atoms with van der Waals surface area (Å²) < 4.78 is 6.80. The molecule has 3 aromatic rings. The maximum atomic E-state index is 9.98. The van der Waals surface area contributed by atoms with Crippen molar-refractivity contribution in [3.05, 3.63) is 53.2 Å². The third-order valence-electron chi connectivity index (χ3n) is 3.45. The summed E-state index contributed by atoms with van der Waals surface area (Å²) >= 11 is 6.16. The van der Waals surface area contributed by atoms with Crippen LogP contribution in [0.2, 0.25) is 5.02 Å². The molecule has 0 bridgehead atoms. The Balaban J connectivity index is 2.15. The Labute approximate surface area is 132 Å². The lowest BCUT2D eigenvalue weighted by Gasteiger charge is -2.08. The van der Waals surface area contributed by atoms with E-state index in [2.05, 4.69) is 11.0 Å². The van der Waals surface area contributed by atoms with Gasteiger partial charge in [-0.3, -0.25) is 0 Å². The van der Waals surface area contributed by atoms with E-state index in [-0.39, 0.29) is 0 Å². The van der Waals surface area contributed by atoms with Crippen LogP contribution in [-0.4, -0.2) is 21.8 Å². The van der Waals surface area contributed by atoms with Gasteiger partial charge in [-0.05, 0) is 36.4 Å². The maximum absolute atomic E-state index is 9.98. The van der Waals surface area contributed by atoms with Crippen molar-refractivity contribution < 1.29 is 9.84 Å². The van der Waals surface area contributed by atoms with Crippen molar-refractivity contribution >= 4 is 17.1 Å². The molecule has 0 saturated carbocycles. The molecule has 0 aliphatic heterocycles. The van der Waals surface area contributed by atoms with Crippen molar-refractivity contribution in [1.29, 1.82) is 0 Å². The van der Waals surface area contributed by atoms with E-state index in [0.717, 1.165) is 17.0 Å². The predicted octanol–water partition coefficient (Wildman–Crippen LogP) is 3.33. The van der Waals surface area contributed by atoms with Crippen LogP contribution in [0.25, 0.3) is 16.8 Å². The van der Waals surface area contributed by atoms with E-state index >= 15 is 0 Å². The van der Waals surface area contributed by atoms with Crippen LogP contribution in [0.15, 0.2) is 42.6 Å². The van der Waals surface area contributed by atoms with Crippen LogP contribution < -0.4 is 4.74 Å². The Bertz CT molecular complexity index is 863. The van der Waals surface area contributed by atoms with Crippen LogP contribution in [0, 0.1) is 12.3 Å². The summed E-state index contributed by atoms with van der Waals surface area (Å²) in [6.45, 7) is 0. The molecule has 1 aromatic carbocycles. The van der Waals surface area contributed by atoms with E-state index in [4.69, 9.17) is 22.8 Å². The van der Waals surface area contributed by atoms with Gasteiger partial charge < -0.3 is 9.84 Å². The summed E-state index contributed by atoms with van der Waals surface area (Å²) in [4.78, 5) is 0. The minimum absolute atomic E-state index is 0.416. The van der Waals surface area contributed by atoms with Crippen molar-refractivity contribution in [2.24, 2.45) is 0 Å². The number of terminal acetylenes is 1. The molecule has 0 radical (unpaired) electrons. The smallest absolute Gasteiger partial charge is 0.143 e. The van der Waals surface area contributed by atoms with Crippen LogP contribution >= 0.6 is 11.6 Å². The molecule has 0 spiro atoms. The number of hydrogen-bond acceptors (Lipinski definition) is 3. The zero-order chi connectivity index (χ0) is 15.7. The highest BCUT2D eigenvalue weighted by Crippen LogP contribution is 2.30. The van der Waals surface area contributed by atoms with E-state index < -0.39 is 6.10 Å². The number of fused-ring (bicyclic) bond motifs is 1. The number of pyridine rings is 1. The van der Waals surface area contributed by atoms with E-state index in [1.54, 1.807) is 23.9 Å². The third kappa shape index (κ3) is 2.41. The van der Waals surface area contributed by atoms with Crippen LogP contribution in [-0.2, 0) is 0 Å². The Morgan fingerprint density at radius 2 is 2.05 bits per heavy atom. The van der Waals surface area contributed by atoms with Crippen LogP contribution in [0.4, 0.5) is 0 Å². The highest BCUT2D eigenvalue weighted by Gasteiger charge is 2.16. The number of halogens is 1. The van der Waals surface area contributed by atoms with Gasteiger partial charge in [0.25, 0.3) is 0 Å². The first kappa shape index (κ1) is 14.5. The first-order valence-corrected chi connectivity index (χ1v) is 6.98. The second kappa shape index (κ2) is 5.72. The van der Waals surface area contributed by atoms with Gasteiger partial charge in [0.2, 0.25) is 0 Å². The van der Waals surface area contributed by atoms with Gasteiger partial charge in [0.05, 0.1) is 23.3 Å². The fourth-order valence-corrected chi connectivity index (χ4v) is 2.57. The molecule has 1 unspecified atom stereocenters. The third-order valence-corrected chi connectivity index (χ3v) is 3.78. The fraction of sp³-hybridized carbons (Fsp3) is 0.118. The minimum Gasteiger partial charge on any atom is -0.497 e. The van der Waals surface area contributed by atoms with E-state index in [0.29, 0.717) is 16.1 Å². The van der Waals surface area contributed by atoms with Gasteiger partial charge in [-0.1, -0.05) is 17.5 Å². The Morgan fingerprint density at radius 1 is 1.32 bits per heavy atom. The first-order valence-electron chi connectivity index (χ1n) is 6.60. The second-order valence-electron chi connectivity index (χ2n) is 4.73. The van der Waals surface area contributed by atoms with Gasteiger partial charge in [-0.15, -0.1) is 6.42 Å². The quantitative estimate of drug-likeness (QED) is 0.755. The van der Waals surface area contributed by atoms with E-state index in [9.17, 15) is 5.11 Å². The van der Waals surface area contributed by atoms with Crippen molar-refractivity contribution in [2.75, 3.05) is 7.11 Å². The zero-order valence-corrected chi connectivity index (χ0v) is 12.6. The number of hydrogen-bond donors (Lipinski definition) is 1. The van der Waals surface area contributed by atoms with Gasteiger partial charge in [0.1, 0.15) is 11.9 Å². The van der Waals surface area contributed by atoms with Crippen LogP contribution in [0.1, 0.15) is 11.7 Å². The number of aromatic nitrogens is 2. The van der Waals surface area contributed by atoms with Crippen LogP contribution in [0.3, 0.4) is 0 Å². The fourth-order valence-electron chi connectivity index (χ4n) is 2.31. The predicted molar refractivity (Wildman–Crippen MR) is 86.0 cm³/mol. The van der Waals surface area contributed by atoms with Crippen molar-refractivity contribution in [2.45, 2.75) is 6.10 Å². The summed E-state index contributed by atoms with van der Waals surface area (Å²) in [6, 6.07) is 11.1. The molecule has 0 saturated heterocycles. The molecule has 1 N–H and O–H groups in total. The summed E-state index contributed by atoms with van der Waals surface area (Å²) in [5, 5.41) is 14.9. The molecule has 1 atom stereocenters. The first-order chi connectivity index (χ1) is 10.6. The molecule has 0 fully saturated rings. The molecule has 0 aliphatic carbocycles. The number of benzene rings is 1. The lowest BCUT2D eigenvalue weighted by atomic mass is 10.1. The molecule has 5 heteroatoms. The number of aliphatic hydroxyl groups excluding tert-OH is 1. The largest absolute Gasteiger partial charge is 0.497 e. The van der Waals surface area contributed by atoms with E-state index in [1.807, 2.05) is 30.3 Å². The van der Waals surface area contributed by atoms with Gasteiger partial charge >= 0.3 is 0 Å². The topological polar surface area (TPSA) is 46.8 Å². The molecule has 110 valence electrons. The molecule has 2 aromatic heterocycles. The minimum atomic E-state index is -1.07. The molecular weight excluding hydrogens is 300 g/mol. The second-order valence-corrected chi connectivity index (χ2v) is 5.14. The van der Waals surface area contributed by atoms with Gasteiger partial charge in [-0.2, -0.15) is 5.10 Å². The van der Waals surface area contributed by atoms with Crippen LogP contribution in [0.5, 0.6) is 5.75 Å². The number of ether oxygens (including phenoxy) is 1. The van der Waals surface area contributed by atoms with Gasteiger partial charge in [0, 0.05) is 17.3 Å². The van der Waals surface area contributed by atoms with Crippen molar-refractivity contribution in [3.8, 4) is 29.4 Å². The normalized spacial score (nSPS) is 12.1. The molecule has 4 nitrogen and oxygen atoms in total. The Kier molecular flexibility index (Phi) is 3.76. The highest BCUT2D eigenvalue weighted by atomic mass is 35.5. The SMILES string of the molecule is C#CC(O)c1c(Cl)ccn2nc(-c3ccc(OC)cc3)cc12. The van der Waals surface area contributed by atoms with E-state index in [1.165, 1.54) is 0 Å². The monoisotopic (exact) mass is 312 g/mol.